The van der Waals surface area contributed by atoms with Crippen LogP contribution in [0.3, 0.4) is 0 Å². The van der Waals surface area contributed by atoms with Gasteiger partial charge in [-0.25, -0.2) is 0 Å². The van der Waals surface area contributed by atoms with E-state index in [1.165, 1.54) is 10.5 Å². The van der Waals surface area contributed by atoms with Crippen LogP contribution in [0.5, 0.6) is 0 Å². The van der Waals surface area contributed by atoms with Crippen molar-refractivity contribution in [3.63, 3.8) is 0 Å². The Bertz CT molecular complexity index is 702. The normalized spacial score (nSPS) is 14.8. The zero-order chi connectivity index (χ0) is 16.4. The molecule has 1 aliphatic rings. The van der Waals surface area contributed by atoms with Crippen LogP contribution in [0.1, 0.15) is 52.5 Å². The average molecular weight is 308 g/mol. The largest absolute Gasteiger partial charge is 0.367 e. The van der Waals surface area contributed by atoms with Crippen molar-refractivity contribution in [2.24, 2.45) is 0 Å². The van der Waals surface area contributed by atoms with E-state index in [0.29, 0.717) is 17.0 Å². The summed E-state index contributed by atoms with van der Waals surface area (Å²) in [5, 5.41) is 3.15. The minimum Gasteiger partial charge on any atom is -0.367 e. The van der Waals surface area contributed by atoms with Crippen LogP contribution in [-0.2, 0) is 0 Å². The first-order valence-corrected chi connectivity index (χ1v) is 7.91. The fourth-order valence-corrected chi connectivity index (χ4v) is 2.72. The number of rotatable bonds is 5. The highest BCUT2D eigenvalue weighted by molar-refractivity contribution is 6.21. The van der Waals surface area contributed by atoms with Gasteiger partial charge in [-0.3, -0.25) is 14.5 Å². The van der Waals surface area contributed by atoms with Crippen LogP contribution in [0.2, 0.25) is 0 Å². The maximum absolute atomic E-state index is 12.3. The molecule has 0 saturated carbocycles. The summed E-state index contributed by atoms with van der Waals surface area (Å²) in [5.74, 6) is 0.0453. The third kappa shape index (κ3) is 2.84. The molecular formula is C19H20N2O2. The summed E-state index contributed by atoms with van der Waals surface area (Å²) in [6, 6.07) is 15.1. The van der Waals surface area contributed by atoms with Crippen molar-refractivity contribution in [1.82, 2.24) is 4.90 Å². The molecule has 1 N–H and O–H groups in total. The Kier molecular flexibility index (Phi) is 4.15. The number of fused-ring (bicyclic) bond motifs is 1. The van der Waals surface area contributed by atoms with Gasteiger partial charge in [0, 0.05) is 5.69 Å². The Labute approximate surface area is 136 Å². The summed E-state index contributed by atoms with van der Waals surface area (Å²) in [6.45, 7) is 4.54. The molecule has 0 bridgehead atoms. The molecule has 1 aliphatic heterocycles. The van der Waals surface area contributed by atoms with Crippen LogP contribution in [0.4, 0.5) is 5.69 Å². The summed E-state index contributed by atoms with van der Waals surface area (Å²) >= 11 is 0. The van der Waals surface area contributed by atoms with Gasteiger partial charge in [0.2, 0.25) is 0 Å². The zero-order valence-electron chi connectivity index (χ0n) is 13.4. The lowest BCUT2D eigenvalue weighted by atomic mass is 9.99. The molecule has 2 amide bonds. The van der Waals surface area contributed by atoms with E-state index in [2.05, 4.69) is 31.3 Å². The molecule has 0 radical (unpaired) electrons. The van der Waals surface area contributed by atoms with Gasteiger partial charge in [-0.15, -0.1) is 0 Å². The van der Waals surface area contributed by atoms with Gasteiger partial charge in [-0.1, -0.05) is 38.1 Å². The Morgan fingerprint density at radius 3 is 2.04 bits per heavy atom. The number of imide groups is 1. The van der Waals surface area contributed by atoms with E-state index < -0.39 is 0 Å². The van der Waals surface area contributed by atoms with Crippen LogP contribution in [-0.4, -0.2) is 23.4 Å². The number of carbonyl (C=O) groups excluding carboxylic acids is 2. The smallest absolute Gasteiger partial charge is 0.263 e. The van der Waals surface area contributed by atoms with E-state index in [9.17, 15) is 9.59 Å². The highest BCUT2D eigenvalue weighted by Crippen LogP contribution is 2.23. The Morgan fingerprint density at radius 1 is 0.957 bits per heavy atom. The number of hydrogen-bond acceptors (Lipinski definition) is 3. The first-order chi connectivity index (χ1) is 11.1. The molecule has 4 nitrogen and oxygen atoms in total. The van der Waals surface area contributed by atoms with Crippen molar-refractivity contribution < 1.29 is 9.59 Å². The van der Waals surface area contributed by atoms with Crippen molar-refractivity contribution >= 4 is 17.5 Å². The molecule has 2 aromatic rings. The molecule has 0 spiro atoms. The summed E-state index contributed by atoms with van der Waals surface area (Å²) in [7, 11) is 0. The minimum absolute atomic E-state index is 0.176. The van der Waals surface area contributed by atoms with E-state index in [-0.39, 0.29) is 18.5 Å². The lowest BCUT2D eigenvalue weighted by Crippen LogP contribution is -2.34. The first-order valence-electron chi connectivity index (χ1n) is 7.91. The molecule has 0 aliphatic carbocycles. The number of benzene rings is 2. The predicted molar refractivity (Wildman–Crippen MR) is 90.6 cm³/mol. The van der Waals surface area contributed by atoms with Gasteiger partial charge in [-0.05, 0) is 42.2 Å². The van der Waals surface area contributed by atoms with Crippen LogP contribution >= 0.6 is 0 Å². The molecule has 0 fully saturated rings. The molecule has 4 heteroatoms. The highest BCUT2D eigenvalue weighted by atomic mass is 16.2. The number of nitrogens with one attached hydrogen (secondary N) is 1. The standard InChI is InChI=1S/C19H20N2O2/c1-3-13(2)14-8-10-15(11-9-14)20-12-21-18(22)16-6-4-5-7-17(16)19(21)23/h4-11,13,20H,3,12H2,1-2H3/t13-/m0/s1. The molecule has 1 heterocycles. The maximum Gasteiger partial charge on any atom is 0.263 e. The van der Waals surface area contributed by atoms with Gasteiger partial charge >= 0.3 is 0 Å². The Hall–Kier alpha value is -2.62. The van der Waals surface area contributed by atoms with E-state index in [1.807, 2.05) is 12.1 Å². The van der Waals surface area contributed by atoms with E-state index in [1.54, 1.807) is 24.3 Å². The van der Waals surface area contributed by atoms with E-state index in [0.717, 1.165) is 12.1 Å². The van der Waals surface area contributed by atoms with Crippen LogP contribution in [0.25, 0.3) is 0 Å². The highest BCUT2D eigenvalue weighted by Gasteiger charge is 2.34. The van der Waals surface area contributed by atoms with Crippen LogP contribution in [0, 0.1) is 0 Å². The molecule has 118 valence electrons. The van der Waals surface area contributed by atoms with Gasteiger partial charge in [0.05, 0.1) is 17.8 Å². The third-order valence-corrected chi connectivity index (χ3v) is 4.41. The van der Waals surface area contributed by atoms with Gasteiger partial charge in [0.15, 0.2) is 0 Å². The second kappa shape index (κ2) is 6.24. The van der Waals surface area contributed by atoms with Gasteiger partial charge in [0.25, 0.3) is 11.8 Å². The quantitative estimate of drug-likeness (QED) is 0.853. The van der Waals surface area contributed by atoms with Gasteiger partial charge in [-0.2, -0.15) is 0 Å². The average Bonchev–Trinajstić information content (AvgIpc) is 2.84. The summed E-state index contributed by atoms with van der Waals surface area (Å²) in [5.41, 5.74) is 3.14. The second-order valence-electron chi connectivity index (χ2n) is 5.85. The molecule has 0 aromatic heterocycles. The summed E-state index contributed by atoms with van der Waals surface area (Å²) in [4.78, 5) is 25.8. The third-order valence-electron chi connectivity index (χ3n) is 4.41. The number of amides is 2. The molecule has 2 aromatic carbocycles. The number of nitrogens with zero attached hydrogens (tertiary/aromatic N) is 1. The van der Waals surface area contributed by atoms with Gasteiger partial charge in [0.1, 0.15) is 0 Å². The van der Waals surface area contributed by atoms with Crippen molar-refractivity contribution in [2.45, 2.75) is 26.2 Å². The molecule has 1 atom stereocenters. The van der Waals surface area contributed by atoms with Crippen molar-refractivity contribution in [2.75, 3.05) is 12.0 Å². The SMILES string of the molecule is CC[C@H](C)c1ccc(NCN2C(=O)c3ccccc3C2=O)cc1. The number of anilines is 1. The predicted octanol–water partition coefficient (Wildman–Crippen LogP) is 3.87. The second-order valence-corrected chi connectivity index (χ2v) is 5.85. The number of carbonyl (C=O) groups is 2. The molecule has 0 unspecified atom stereocenters. The van der Waals surface area contributed by atoms with Crippen molar-refractivity contribution in [1.29, 1.82) is 0 Å². The summed E-state index contributed by atoms with van der Waals surface area (Å²) < 4.78 is 0. The fraction of sp³-hybridized carbons (Fsp3) is 0.263. The monoisotopic (exact) mass is 308 g/mol. The number of hydrogen-bond donors (Lipinski definition) is 1. The Morgan fingerprint density at radius 2 is 1.52 bits per heavy atom. The van der Waals surface area contributed by atoms with Crippen LogP contribution in [0.15, 0.2) is 48.5 Å². The van der Waals surface area contributed by atoms with Crippen LogP contribution < -0.4 is 5.32 Å². The summed E-state index contributed by atoms with van der Waals surface area (Å²) in [6.07, 6.45) is 1.10. The lowest BCUT2D eigenvalue weighted by molar-refractivity contribution is 0.0666. The minimum atomic E-state index is -0.241. The Balaban J connectivity index is 1.68. The van der Waals surface area contributed by atoms with Gasteiger partial charge < -0.3 is 5.32 Å². The van der Waals surface area contributed by atoms with E-state index >= 15 is 0 Å². The van der Waals surface area contributed by atoms with E-state index in [4.69, 9.17) is 0 Å². The topological polar surface area (TPSA) is 49.4 Å². The fourth-order valence-electron chi connectivity index (χ4n) is 2.72. The molecule has 3 rings (SSSR count). The van der Waals surface area contributed by atoms with Crippen molar-refractivity contribution in [3.05, 3.63) is 65.2 Å². The molecular weight excluding hydrogens is 288 g/mol. The maximum atomic E-state index is 12.3. The zero-order valence-corrected chi connectivity index (χ0v) is 13.4. The first kappa shape index (κ1) is 15.3. The lowest BCUT2D eigenvalue weighted by Gasteiger charge is -2.16. The molecule has 0 saturated heterocycles. The van der Waals surface area contributed by atoms with Crippen molar-refractivity contribution in [3.8, 4) is 0 Å². The molecule has 23 heavy (non-hydrogen) atoms.